The summed E-state index contributed by atoms with van der Waals surface area (Å²) < 4.78 is 0. The zero-order chi connectivity index (χ0) is 13.6. The van der Waals surface area contributed by atoms with Crippen LogP contribution in [0.4, 0.5) is 0 Å². The smallest absolute Gasteiger partial charge is 0.0163 e. The standard InChI is InChI=1S/C15H34N2/c1-8-11(4)13(9-2)15(17(6)7)14(10-3)12(5)16/h11-15H,8-10,16H2,1-7H3. The molecule has 0 aromatic heterocycles. The fourth-order valence-electron chi connectivity index (χ4n) is 3.29. The molecule has 0 aromatic rings. The maximum absolute atomic E-state index is 6.19. The van der Waals surface area contributed by atoms with Gasteiger partial charge in [0.05, 0.1) is 0 Å². The topological polar surface area (TPSA) is 29.3 Å². The molecule has 0 aliphatic heterocycles. The van der Waals surface area contributed by atoms with E-state index in [4.69, 9.17) is 5.73 Å². The number of rotatable bonds is 8. The van der Waals surface area contributed by atoms with Crippen LogP contribution in [0.5, 0.6) is 0 Å². The van der Waals surface area contributed by atoms with Gasteiger partial charge in [0.15, 0.2) is 0 Å². The van der Waals surface area contributed by atoms with Crippen molar-refractivity contribution in [3.05, 3.63) is 0 Å². The minimum Gasteiger partial charge on any atom is -0.328 e. The molecule has 0 aliphatic carbocycles. The van der Waals surface area contributed by atoms with Gasteiger partial charge in [-0.3, -0.25) is 0 Å². The molecule has 2 nitrogen and oxygen atoms in total. The van der Waals surface area contributed by atoms with Crippen molar-refractivity contribution in [2.24, 2.45) is 23.5 Å². The molecule has 104 valence electrons. The lowest BCUT2D eigenvalue weighted by atomic mass is 9.74. The van der Waals surface area contributed by atoms with Gasteiger partial charge in [0.2, 0.25) is 0 Å². The minimum atomic E-state index is 0.283. The molecule has 5 atom stereocenters. The molecule has 0 radical (unpaired) electrons. The number of hydrogen-bond acceptors (Lipinski definition) is 2. The molecule has 0 amide bonds. The Kier molecular flexibility index (Phi) is 8.06. The zero-order valence-electron chi connectivity index (χ0n) is 13.0. The van der Waals surface area contributed by atoms with Crippen molar-refractivity contribution in [2.45, 2.75) is 66.0 Å². The second kappa shape index (κ2) is 8.10. The molecule has 0 aliphatic rings. The normalized spacial score (nSPS) is 21.0. The highest BCUT2D eigenvalue weighted by Crippen LogP contribution is 2.31. The highest BCUT2D eigenvalue weighted by Gasteiger charge is 2.33. The van der Waals surface area contributed by atoms with Gasteiger partial charge < -0.3 is 10.6 Å². The SMILES string of the molecule is CCC(C)C(CC)C(C(CC)C(C)N)N(C)C. The third-order valence-electron chi connectivity index (χ3n) is 4.47. The highest BCUT2D eigenvalue weighted by molar-refractivity contribution is 4.88. The first-order valence-electron chi connectivity index (χ1n) is 7.32. The molecule has 0 bridgehead atoms. The van der Waals surface area contributed by atoms with E-state index in [0.29, 0.717) is 12.0 Å². The Morgan fingerprint density at radius 2 is 1.35 bits per heavy atom. The Morgan fingerprint density at radius 3 is 1.59 bits per heavy atom. The lowest BCUT2D eigenvalue weighted by Gasteiger charge is -2.42. The van der Waals surface area contributed by atoms with Crippen molar-refractivity contribution < 1.29 is 0 Å². The van der Waals surface area contributed by atoms with Gasteiger partial charge in [-0.05, 0) is 38.8 Å². The van der Waals surface area contributed by atoms with Crippen LogP contribution in [0.2, 0.25) is 0 Å². The van der Waals surface area contributed by atoms with Gasteiger partial charge in [0.1, 0.15) is 0 Å². The summed E-state index contributed by atoms with van der Waals surface area (Å²) in [5, 5.41) is 0. The summed E-state index contributed by atoms with van der Waals surface area (Å²) in [7, 11) is 4.42. The Labute approximate surface area is 109 Å². The van der Waals surface area contributed by atoms with Crippen molar-refractivity contribution in [1.29, 1.82) is 0 Å². The fraction of sp³-hybridized carbons (Fsp3) is 1.00. The molecular formula is C15H34N2. The van der Waals surface area contributed by atoms with Crippen LogP contribution in [0.3, 0.4) is 0 Å². The number of nitrogens with zero attached hydrogens (tertiary/aromatic N) is 1. The average molecular weight is 242 g/mol. The Morgan fingerprint density at radius 1 is 0.882 bits per heavy atom. The molecule has 2 N–H and O–H groups in total. The molecule has 0 saturated heterocycles. The number of nitrogens with two attached hydrogens (primary N) is 1. The molecule has 5 unspecified atom stereocenters. The predicted octanol–water partition coefficient (Wildman–Crippen LogP) is 3.36. The van der Waals surface area contributed by atoms with Crippen molar-refractivity contribution >= 4 is 0 Å². The molecule has 0 fully saturated rings. The van der Waals surface area contributed by atoms with Crippen LogP contribution < -0.4 is 5.73 Å². The molecule has 0 heterocycles. The Hall–Kier alpha value is -0.0800. The highest BCUT2D eigenvalue weighted by atomic mass is 15.1. The monoisotopic (exact) mass is 242 g/mol. The average Bonchev–Trinajstić information content (AvgIpc) is 2.27. The van der Waals surface area contributed by atoms with Crippen LogP contribution in [0, 0.1) is 17.8 Å². The molecule has 0 aromatic carbocycles. The quantitative estimate of drug-likeness (QED) is 0.707. The van der Waals surface area contributed by atoms with Gasteiger partial charge in [-0.2, -0.15) is 0 Å². The summed E-state index contributed by atoms with van der Waals surface area (Å²) in [5.41, 5.74) is 6.19. The van der Waals surface area contributed by atoms with Crippen LogP contribution in [-0.4, -0.2) is 31.1 Å². The molecular weight excluding hydrogens is 208 g/mol. The summed E-state index contributed by atoms with van der Waals surface area (Å²) in [6.45, 7) is 11.4. The molecule has 0 spiro atoms. The maximum Gasteiger partial charge on any atom is 0.0163 e. The Balaban J connectivity index is 5.03. The molecule has 17 heavy (non-hydrogen) atoms. The van der Waals surface area contributed by atoms with Gasteiger partial charge in [0, 0.05) is 12.1 Å². The van der Waals surface area contributed by atoms with E-state index >= 15 is 0 Å². The van der Waals surface area contributed by atoms with Gasteiger partial charge in [-0.1, -0.05) is 47.0 Å². The van der Waals surface area contributed by atoms with Gasteiger partial charge in [0.25, 0.3) is 0 Å². The second-order valence-corrected chi connectivity index (χ2v) is 5.84. The predicted molar refractivity (Wildman–Crippen MR) is 78.1 cm³/mol. The number of hydrogen-bond donors (Lipinski definition) is 1. The van der Waals surface area contributed by atoms with Crippen LogP contribution in [0.1, 0.15) is 53.9 Å². The van der Waals surface area contributed by atoms with Crippen molar-refractivity contribution in [2.75, 3.05) is 14.1 Å². The second-order valence-electron chi connectivity index (χ2n) is 5.84. The molecule has 0 saturated carbocycles. The first-order chi connectivity index (χ1) is 7.90. The van der Waals surface area contributed by atoms with E-state index in [-0.39, 0.29) is 6.04 Å². The maximum atomic E-state index is 6.19. The van der Waals surface area contributed by atoms with E-state index in [1.165, 1.54) is 19.3 Å². The van der Waals surface area contributed by atoms with Crippen LogP contribution in [-0.2, 0) is 0 Å². The molecule has 0 rings (SSSR count). The minimum absolute atomic E-state index is 0.283. The first kappa shape index (κ1) is 16.9. The summed E-state index contributed by atoms with van der Waals surface area (Å²) >= 11 is 0. The third kappa shape index (κ3) is 4.59. The van der Waals surface area contributed by atoms with Crippen molar-refractivity contribution in [3.63, 3.8) is 0 Å². The Bertz CT molecular complexity index is 189. The largest absolute Gasteiger partial charge is 0.328 e. The van der Waals surface area contributed by atoms with E-state index in [2.05, 4.69) is 53.6 Å². The summed E-state index contributed by atoms with van der Waals surface area (Å²) in [6.07, 6.45) is 3.69. The van der Waals surface area contributed by atoms with E-state index in [1.54, 1.807) is 0 Å². The first-order valence-corrected chi connectivity index (χ1v) is 7.32. The van der Waals surface area contributed by atoms with Crippen LogP contribution >= 0.6 is 0 Å². The van der Waals surface area contributed by atoms with Crippen LogP contribution in [0.15, 0.2) is 0 Å². The molecule has 2 heteroatoms. The van der Waals surface area contributed by atoms with E-state index in [0.717, 1.165) is 11.8 Å². The fourth-order valence-corrected chi connectivity index (χ4v) is 3.29. The van der Waals surface area contributed by atoms with E-state index < -0.39 is 0 Å². The third-order valence-corrected chi connectivity index (χ3v) is 4.47. The van der Waals surface area contributed by atoms with Crippen molar-refractivity contribution in [3.8, 4) is 0 Å². The summed E-state index contributed by atoms with van der Waals surface area (Å²) in [4.78, 5) is 2.40. The lowest BCUT2D eigenvalue weighted by molar-refractivity contribution is 0.0873. The summed E-state index contributed by atoms with van der Waals surface area (Å²) in [5.74, 6) is 2.13. The van der Waals surface area contributed by atoms with Crippen molar-refractivity contribution in [1.82, 2.24) is 4.90 Å². The van der Waals surface area contributed by atoms with Gasteiger partial charge >= 0.3 is 0 Å². The van der Waals surface area contributed by atoms with E-state index in [1.807, 2.05) is 0 Å². The van der Waals surface area contributed by atoms with Crippen LogP contribution in [0.25, 0.3) is 0 Å². The zero-order valence-corrected chi connectivity index (χ0v) is 13.0. The van der Waals surface area contributed by atoms with Gasteiger partial charge in [-0.25, -0.2) is 0 Å². The lowest BCUT2D eigenvalue weighted by Crippen LogP contribution is -2.49. The van der Waals surface area contributed by atoms with Gasteiger partial charge in [-0.15, -0.1) is 0 Å². The van der Waals surface area contributed by atoms with E-state index in [9.17, 15) is 0 Å². The summed E-state index contributed by atoms with van der Waals surface area (Å²) in [6, 6.07) is 0.894.